The van der Waals surface area contributed by atoms with Gasteiger partial charge in [0.25, 0.3) is 0 Å². The van der Waals surface area contributed by atoms with Crippen LogP contribution in [0.3, 0.4) is 0 Å². The summed E-state index contributed by atoms with van der Waals surface area (Å²) in [5.41, 5.74) is 1.93. The third kappa shape index (κ3) is 2.16. The van der Waals surface area contributed by atoms with Crippen LogP contribution in [0, 0.1) is 0 Å². The van der Waals surface area contributed by atoms with Crippen molar-refractivity contribution in [1.29, 1.82) is 0 Å². The number of anilines is 1. The summed E-state index contributed by atoms with van der Waals surface area (Å²) in [6.07, 6.45) is 1.93. The van der Waals surface area contributed by atoms with Crippen LogP contribution in [0.1, 0.15) is 0 Å². The van der Waals surface area contributed by atoms with Crippen molar-refractivity contribution in [3.8, 4) is 23.1 Å². The van der Waals surface area contributed by atoms with Gasteiger partial charge in [0.15, 0.2) is 0 Å². The first-order valence-electron chi connectivity index (χ1n) is 7.54. The van der Waals surface area contributed by atoms with Gasteiger partial charge in [-0.3, -0.25) is 4.57 Å². The highest BCUT2D eigenvalue weighted by atomic mass is 16.5. The molecule has 5 heteroatoms. The summed E-state index contributed by atoms with van der Waals surface area (Å²) in [5, 5.41) is 12.3. The third-order valence-electron chi connectivity index (χ3n) is 4.31. The lowest BCUT2D eigenvalue weighted by atomic mass is 10.2. The number of nitrogens with zero attached hydrogens (tertiary/aromatic N) is 2. The number of hydrogen-bond acceptors (Lipinski definition) is 4. The van der Waals surface area contributed by atoms with Gasteiger partial charge in [-0.2, -0.15) is 0 Å². The molecule has 0 amide bonds. The minimum atomic E-state index is 0.207. The van der Waals surface area contributed by atoms with E-state index in [1.165, 1.54) is 0 Å². The van der Waals surface area contributed by atoms with Crippen LogP contribution >= 0.6 is 0 Å². The Hall–Kier alpha value is -2.82. The average Bonchev–Trinajstić information content (AvgIpc) is 2.91. The predicted octanol–water partition coefficient (Wildman–Crippen LogP) is 3.17. The second-order valence-corrected chi connectivity index (χ2v) is 5.70. The smallest absolute Gasteiger partial charge is 0.203 e. The highest BCUT2D eigenvalue weighted by molar-refractivity contribution is 5.90. The van der Waals surface area contributed by atoms with Gasteiger partial charge in [-0.15, -0.1) is 0 Å². The fraction of sp³-hybridized carbons (Fsp3) is 0.222. The van der Waals surface area contributed by atoms with Crippen LogP contribution in [0.2, 0.25) is 0 Å². The molecule has 0 fully saturated rings. The molecule has 1 aromatic heterocycles. The molecule has 3 aromatic rings. The average molecular weight is 310 g/mol. The maximum Gasteiger partial charge on any atom is 0.203 e. The first-order valence-corrected chi connectivity index (χ1v) is 7.54. The summed E-state index contributed by atoms with van der Waals surface area (Å²) >= 11 is 0. The van der Waals surface area contributed by atoms with Crippen LogP contribution in [0.25, 0.3) is 16.5 Å². The lowest BCUT2D eigenvalue weighted by Crippen LogP contribution is -2.28. The Morgan fingerprint density at radius 3 is 2.87 bits per heavy atom. The summed E-state index contributed by atoms with van der Waals surface area (Å²) < 4.78 is 12.7. The van der Waals surface area contributed by atoms with E-state index in [-0.39, 0.29) is 5.88 Å². The van der Waals surface area contributed by atoms with E-state index in [1.54, 1.807) is 11.7 Å². The highest BCUT2D eigenvalue weighted by Gasteiger charge is 2.17. The standard InChI is InChI=1S/C18H18N2O3/c1-19-7-8-23-17-6-4-13(9-16(17)19)20-11-12-3-5-14(22-2)10-15(12)18(20)21/h3-6,9-11,21H,7-8H2,1-2H3. The molecule has 5 nitrogen and oxygen atoms in total. The number of aromatic nitrogens is 1. The number of benzene rings is 2. The van der Waals surface area contributed by atoms with Crippen molar-refractivity contribution in [2.45, 2.75) is 0 Å². The number of ether oxygens (including phenoxy) is 2. The van der Waals surface area contributed by atoms with Crippen molar-refractivity contribution in [3.63, 3.8) is 0 Å². The zero-order valence-corrected chi connectivity index (χ0v) is 13.1. The van der Waals surface area contributed by atoms with Gasteiger partial charge in [0.1, 0.15) is 18.1 Å². The highest BCUT2D eigenvalue weighted by Crippen LogP contribution is 2.37. The molecule has 118 valence electrons. The van der Waals surface area contributed by atoms with Crippen molar-refractivity contribution < 1.29 is 14.6 Å². The second kappa shape index (κ2) is 5.12. The van der Waals surface area contributed by atoms with Gasteiger partial charge in [-0.05, 0) is 36.4 Å². The van der Waals surface area contributed by atoms with Crippen LogP contribution in [0.4, 0.5) is 5.69 Å². The van der Waals surface area contributed by atoms with Gasteiger partial charge in [0, 0.05) is 24.0 Å². The lowest BCUT2D eigenvalue weighted by Gasteiger charge is -2.28. The van der Waals surface area contributed by atoms with Crippen LogP contribution < -0.4 is 14.4 Å². The summed E-state index contributed by atoms with van der Waals surface area (Å²) in [6.45, 7) is 1.55. The molecule has 2 aromatic carbocycles. The molecule has 0 aliphatic carbocycles. The van der Waals surface area contributed by atoms with Crippen molar-refractivity contribution in [2.75, 3.05) is 32.2 Å². The fourth-order valence-electron chi connectivity index (χ4n) is 2.98. The van der Waals surface area contributed by atoms with Gasteiger partial charge in [-0.25, -0.2) is 0 Å². The molecule has 2 heterocycles. The van der Waals surface area contributed by atoms with Crippen molar-refractivity contribution in [3.05, 3.63) is 42.6 Å². The van der Waals surface area contributed by atoms with E-state index in [9.17, 15) is 5.11 Å². The van der Waals surface area contributed by atoms with Crippen LogP contribution in [-0.4, -0.2) is 37.0 Å². The Morgan fingerprint density at radius 1 is 1.17 bits per heavy atom. The summed E-state index contributed by atoms with van der Waals surface area (Å²) in [7, 11) is 3.66. The SMILES string of the molecule is COc1ccc2cn(-c3ccc4c(c3)N(C)CCO4)c(O)c2c1. The van der Waals surface area contributed by atoms with E-state index in [2.05, 4.69) is 4.90 Å². The number of fused-ring (bicyclic) bond motifs is 2. The Labute approximate surface area is 134 Å². The number of rotatable bonds is 2. The Morgan fingerprint density at radius 2 is 2.04 bits per heavy atom. The van der Waals surface area contributed by atoms with E-state index in [4.69, 9.17) is 9.47 Å². The minimum Gasteiger partial charge on any atom is -0.497 e. The third-order valence-corrected chi connectivity index (χ3v) is 4.31. The summed E-state index contributed by atoms with van der Waals surface area (Å²) in [4.78, 5) is 2.16. The largest absolute Gasteiger partial charge is 0.497 e. The molecule has 1 N–H and O–H groups in total. The molecule has 0 spiro atoms. The van der Waals surface area contributed by atoms with E-state index in [1.807, 2.05) is 49.6 Å². The lowest BCUT2D eigenvalue weighted by molar-refractivity contribution is 0.311. The zero-order chi connectivity index (χ0) is 16.0. The minimum absolute atomic E-state index is 0.207. The van der Waals surface area contributed by atoms with Crippen molar-refractivity contribution in [2.24, 2.45) is 0 Å². The number of hydrogen-bond donors (Lipinski definition) is 1. The maximum absolute atomic E-state index is 10.6. The van der Waals surface area contributed by atoms with Crippen LogP contribution in [0.5, 0.6) is 17.4 Å². The van der Waals surface area contributed by atoms with Gasteiger partial charge in [-0.1, -0.05) is 0 Å². The molecule has 0 atom stereocenters. The molecule has 1 aliphatic heterocycles. The fourth-order valence-corrected chi connectivity index (χ4v) is 2.98. The molecule has 4 rings (SSSR count). The molecule has 0 saturated heterocycles. The second-order valence-electron chi connectivity index (χ2n) is 5.70. The van der Waals surface area contributed by atoms with E-state index in [0.717, 1.165) is 40.2 Å². The molecular weight excluding hydrogens is 292 g/mol. The first kappa shape index (κ1) is 13.8. The van der Waals surface area contributed by atoms with Gasteiger partial charge in [0.05, 0.1) is 25.0 Å². The van der Waals surface area contributed by atoms with Gasteiger partial charge >= 0.3 is 0 Å². The Kier molecular flexibility index (Phi) is 3.08. The van der Waals surface area contributed by atoms with E-state index >= 15 is 0 Å². The van der Waals surface area contributed by atoms with Gasteiger partial charge in [0.2, 0.25) is 5.88 Å². The number of likely N-dealkylation sites (N-methyl/N-ethyl adjacent to an activating group) is 1. The molecule has 0 radical (unpaired) electrons. The molecular formula is C18H18N2O3. The van der Waals surface area contributed by atoms with Crippen molar-refractivity contribution in [1.82, 2.24) is 4.57 Å². The van der Waals surface area contributed by atoms with Crippen LogP contribution in [-0.2, 0) is 0 Å². The monoisotopic (exact) mass is 310 g/mol. The topological polar surface area (TPSA) is 46.9 Å². The summed E-state index contributed by atoms with van der Waals surface area (Å²) in [6, 6.07) is 11.6. The number of aromatic hydroxyl groups is 1. The molecule has 23 heavy (non-hydrogen) atoms. The van der Waals surface area contributed by atoms with E-state index < -0.39 is 0 Å². The van der Waals surface area contributed by atoms with Crippen LogP contribution in [0.15, 0.2) is 42.6 Å². The molecule has 0 saturated carbocycles. The molecule has 0 bridgehead atoms. The first-order chi connectivity index (χ1) is 11.2. The molecule has 0 unspecified atom stereocenters. The van der Waals surface area contributed by atoms with Gasteiger partial charge < -0.3 is 19.5 Å². The Balaban J connectivity index is 1.86. The maximum atomic E-state index is 10.6. The van der Waals surface area contributed by atoms with E-state index in [0.29, 0.717) is 6.61 Å². The zero-order valence-electron chi connectivity index (χ0n) is 13.1. The van der Waals surface area contributed by atoms with Crippen molar-refractivity contribution >= 4 is 16.5 Å². The summed E-state index contributed by atoms with van der Waals surface area (Å²) in [5.74, 6) is 1.81. The Bertz CT molecular complexity index is 885. The normalized spacial score (nSPS) is 13.7. The number of methoxy groups -OCH3 is 1. The molecule has 1 aliphatic rings. The quantitative estimate of drug-likeness (QED) is 0.790. The predicted molar refractivity (Wildman–Crippen MR) is 90.3 cm³/mol.